The first-order valence-corrected chi connectivity index (χ1v) is 19.8. The molecule has 11 aromatic rings. The number of rotatable bonds is 7. The Hall–Kier alpha value is -8.02. The first kappa shape index (κ1) is 34.2. The molecule has 0 bridgehead atoms. The van der Waals surface area contributed by atoms with Gasteiger partial charge in [0.15, 0.2) is 0 Å². The fraction of sp³-hybridized carbons (Fsp3) is 0. The summed E-state index contributed by atoms with van der Waals surface area (Å²) >= 11 is 0. The van der Waals surface area contributed by atoms with Crippen LogP contribution in [0.3, 0.4) is 0 Å². The molecule has 0 aliphatic heterocycles. The number of hydrogen-bond acceptors (Lipinski definition) is 5. The Balaban J connectivity index is 0.993. The quantitative estimate of drug-likeness (QED) is 0.162. The van der Waals surface area contributed by atoms with Gasteiger partial charge in [0.25, 0.3) is 0 Å². The summed E-state index contributed by atoms with van der Waals surface area (Å²) in [7, 11) is 0. The van der Waals surface area contributed by atoms with E-state index in [9.17, 15) is 0 Å². The standard InChI is InChI=1S/C54H35N5/c1-2-16-44(17-3-1)59(45-30-26-38(27-31-45)51-53(57-49-20-10-8-18-47(49)55-51)42-24-22-36-12-4-6-14-40(36)34-42)46-32-28-39(29-33-46)52-54(58-50-21-11-9-19-48(50)56-52)43-25-23-37-13-5-7-15-41(37)35-43/h1-35H. The molecule has 5 nitrogen and oxygen atoms in total. The summed E-state index contributed by atoms with van der Waals surface area (Å²) in [5, 5.41) is 4.73. The lowest BCUT2D eigenvalue weighted by atomic mass is 9.99. The van der Waals surface area contributed by atoms with Crippen LogP contribution in [0.1, 0.15) is 0 Å². The van der Waals surface area contributed by atoms with Crippen LogP contribution in [-0.4, -0.2) is 19.9 Å². The van der Waals surface area contributed by atoms with Crippen molar-refractivity contribution in [3.63, 3.8) is 0 Å². The Morgan fingerprint density at radius 1 is 0.237 bits per heavy atom. The van der Waals surface area contributed by atoms with Gasteiger partial charge in [-0.2, -0.15) is 0 Å². The number of fused-ring (bicyclic) bond motifs is 4. The number of para-hydroxylation sites is 5. The van der Waals surface area contributed by atoms with Crippen LogP contribution in [-0.2, 0) is 0 Å². The number of anilines is 3. The number of aromatic nitrogens is 4. The van der Waals surface area contributed by atoms with E-state index in [1.165, 1.54) is 21.5 Å². The molecule has 0 saturated heterocycles. The number of hydrogen-bond donors (Lipinski definition) is 0. The first-order valence-electron chi connectivity index (χ1n) is 19.8. The second-order valence-electron chi connectivity index (χ2n) is 14.7. The summed E-state index contributed by atoms with van der Waals surface area (Å²) in [6.45, 7) is 0. The SMILES string of the molecule is c1ccc(N(c2ccc(-c3nc4ccccc4nc3-c3ccc4ccccc4c3)cc2)c2ccc(-c3nc4ccccc4nc3-c3ccc4ccccc4c3)cc2)cc1. The Morgan fingerprint density at radius 3 is 0.949 bits per heavy atom. The van der Waals surface area contributed by atoms with Crippen LogP contribution in [0.4, 0.5) is 17.1 Å². The van der Waals surface area contributed by atoms with Crippen molar-refractivity contribution in [3.05, 3.63) is 212 Å². The number of benzene rings is 9. The maximum atomic E-state index is 5.21. The van der Waals surface area contributed by atoms with Gasteiger partial charge in [0, 0.05) is 39.3 Å². The van der Waals surface area contributed by atoms with Crippen LogP contribution in [0.25, 0.3) is 88.6 Å². The molecular weight excluding hydrogens is 719 g/mol. The zero-order valence-corrected chi connectivity index (χ0v) is 31.9. The zero-order valence-electron chi connectivity index (χ0n) is 31.9. The third-order valence-corrected chi connectivity index (χ3v) is 11.0. The van der Waals surface area contributed by atoms with Crippen molar-refractivity contribution in [1.82, 2.24) is 19.9 Å². The van der Waals surface area contributed by atoms with E-state index in [2.05, 4.69) is 163 Å². The van der Waals surface area contributed by atoms with Gasteiger partial charge in [-0.15, -0.1) is 0 Å². The third-order valence-electron chi connectivity index (χ3n) is 11.0. The van der Waals surface area contributed by atoms with Crippen LogP contribution in [0.5, 0.6) is 0 Å². The van der Waals surface area contributed by atoms with Crippen molar-refractivity contribution in [2.45, 2.75) is 0 Å². The van der Waals surface area contributed by atoms with Gasteiger partial charge in [0.1, 0.15) is 0 Å². The van der Waals surface area contributed by atoms with E-state index >= 15 is 0 Å². The second-order valence-corrected chi connectivity index (χ2v) is 14.7. The predicted molar refractivity (Wildman–Crippen MR) is 244 cm³/mol. The van der Waals surface area contributed by atoms with Gasteiger partial charge < -0.3 is 4.90 Å². The van der Waals surface area contributed by atoms with Crippen LogP contribution < -0.4 is 4.90 Å². The minimum Gasteiger partial charge on any atom is -0.311 e. The van der Waals surface area contributed by atoms with E-state index in [4.69, 9.17) is 19.9 Å². The van der Waals surface area contributed by atoms with Crippen LogP contribution in [0, 0.1) is 0 Å². The molecule has 0 amide bonds. The van der Waals surface area contributed by atoms with Gasteiger partial charge in [-0.3, -0.25) is 0 Å². The molecule has 2 heterocycles. The molecule has 0 atom stereocenters. The lowest BCUT2D eigenvalue weighted by Gasteiger charge is -2.26. The highest BCUT2D eigenvalue weighted by atomic mass is 15.1. The lowest BCUT2D eigenvalue weighted by molar-refractivity contribution is 1.27. The van der Waals surface area contributed by atoms with E-state index in [0.29, 0.717) is 0 Å². The molecular formula is C54H35N5. The first-order chi connectivity index (χ1) is 29.2. The minimum absolute atomic E-state index is 0.847. The van der Waals surface area contributed by atoms with E-state index in [1.54, 1.807) is 0 Å². The molecule has 0 N–H and O–H groups in total. The summed E-state index contributed by atoms with van der Waals surface area (Å²) < 4.78 is 0. The maximum absolute atomic E-state index is 5.21. The Morgan fingerprint density at radius 2 is 0.542 bits per heavy atom. The number of nitrogens with zero attached hydrogens (tertiary/aromatic N) is 5. The maximum Gasteiger partial charge on any atom is 0.0973 e. The van der Waals surface area contributed by atoms with Crippen LogP contribution in [0.2, 0.25) is 0 Å². The molecule has 0 aliphatic carbocycles. The Bertz CT molecular complexity index is 3120. The molecule has 11 rings (SSSR count). The molecule has 2 aromatic heterocycles. The fourth-order valence-corrected chi connectivity index (χ4v) is 8.04. The monoisotopic (exact) mass is 753 g/mol. The predicted octanol–water partition coefficient (Wildman–Crippen LogP) is 14.0. The normalized spacial score (nSPS) is 11.4. The average molecular weight is 754 g/mol. The van der Waals surface area contributed by atoms with Crippen molar-refractivity contribution in [1.29, 1.82) is 0 Å². The molecule has 5 heteroatoms. The highest BCUT2D eigenvalue weighted by molar-refractivity contribution is 5.94. The molecule has 0 spiro atoms. The van der Waals surface area contributed by atoms with Crippen molar-refractivity contribution >= 4 is 60.7 Å². The highest BCUT2D eigenvalue weighted by Gasteiger charge is 2.19. The topological polar surface area (TPSA) is 54.8 Å². The van der Waals surface area contributed by atoms with Gasteiger partial charge in [-0.1, -0.05) is 140 Å². The molecule has 276 valence electrons. The summed E-state index contributed by atoms with van der Waals surface area (Å²) in [5.41, 5.74) is 14.0. The van der Waals surface area contributed by atoms with E-state index in [-0.39, 0.29) is 0 Å². The molecule has 0 unspecified atom stereocenters. The van der Waals surface area contributed by atoms with Crippen molar-refractivity contribution in [2.24, 2.45) is 0 Å². The van der Waals surface area contributed by atoms with Crippen molar-refractivity contribution in [3.8, 4) is 45.0 Å². The minimum atomic E-state index is 0.847. The molecule has 0 fully saturated rings. The molecule has 59 heavy (non-hydrogen) atoms. The summed E-state index contributed by atoms with van der Waals surface area (Å²) in [6, 6.07) is 73.8. The van der Waals surface area contributed by atoms with Gasteiger partial charge in [0.2, 0.25) is 0 Å². The van der Waals surface area contributed by atoms with Crippen LogP contribution >= 0.6 is 0 Å². The lowest BCUT2D eigenvalue weighted by Crippen LogP contribution is -2.09. The Kier molecular flexibility index (Phi) is 8.41. The van der Waals surface area contributed by atoms with Gasteiger partial charge >= 0.3 is 0 Å². The van der Waals surface area contributed by atoms with Crippen molar-refractivity contribution < 1.29 is 0 Å². The fourth-order valence-electron chi connectivity index (χ4n) is 8.04. The largest absolute Gasteiger partial charge is 0.311 e. The smallest absolute Gasteiger partial charge is 0.0973 e. The van der Waals surface area contributed by atoms with E-state index in [0.717, 1.165) is 84.2 Å². The third kappa shape index (κ3) is 6.41. The molecule has 0 aliphatic rings. The molecule has 0 saturated carbocycles. The second kappa shape index (κ2) is 14.5. The molecule has 0 radical (unpaired) electrons. The zero-order chi connectivity index (χ0) is 39.1. The Labute approximate surface area is 341 Å². The summed E-state index contributed by atoms with van der Waals surface area (Å²) in [6.07, 6.45) is 0. The van der Waals surface area contributed by atoms with Gasteiger partial charge in [-0.05, 0) is 94.3 Å². The summed E-state index contributed by atoms with van der Waals surface area (Å²) in [5.74, 6) is 0. The van der Waals surface area contributed by atoms with E-state index < -0.39 is 0 Å². The van der Waals surface area contributed by atoms with Gasteiger partial charge in [0.05, 0.1) is 44.8 Å². The van der Waals surface area contributed by atoms with Crippen LogP contribution in [0.15, 0.2) is 212 Å². The summed E-state index contributed by atoms with van der Waals surface area (Å²) in [4.78, 5) is 23.1. The van der Waals surface area contributed by atoms with Gasteiger partial charge in [-0.25, -0.2) is 19.9 Å². The van der Waals surface area contributed by atoms with Crippen molar-refractivity contribution in [2.75, 3.05) is 4.90 Å². The molecule has 9 aromatic carbocycles. The van der Waals surface area contributed by atoms with E-state index in [1.807, 2.05) is 54.6 Å². The highest BCUT2D eigenvalue weighted by Crippen LogP contribution is 2.40. The average Bonchev–Trinajstić information content (AvgIpc) is 3.31.